The second kappa shape index (κ2) is 6.38. The topological polar surface area (TPSA) is 15.3 Å². The molecule has 2 heteroatoms. The molecule has 0 aromatic rings. The first-order valence-corrected chi connectivity index (χ1v) is 8.08. The maximum Gasteiger partial charge on any atom is 0.00502 e. The van der Waals surface area contributed by atoms with Crippen LogP contribution in [0.4, 0.5) is 0 Å². The summed E-state index contributed by atoms with van der Waals surface area (Å²) in [5, 5.41) is 3.43. The highest BCUT2D eigenvalue weighted by atomic mass is 15.1. The third-order valence-electron chi connectivity index (χ3n) is 5.04. The van der Waals surface area contributed by atoms with Crippen LogP contribution in [0.15, 0.2) is 0 Å². The van der Waals surface area contributed by atoms with E-state index < -0.39 is 0 Å². The highest BCUT2D eigenvalue weighted by Crippen LogP contribution is 2.36. The molecule has 2 aliphatic carbocycles. The van der Waals surface area contributed by atoms with Crippen LogP contribution in [0.5, 0.6) is 0 Å². The molecule has 0 amide bonds. The van der Waals surface area contributed by atoms with Gasteiger partial charge in [0.2, 0.25) is 0 Å². The Hall–Kier alpha value is -0.0800. The normalized spacial score (nSPS) is 20.7. The zero-order valence-corrected chi connectivity index (χ0v) is 12.7. The molecule has 0 bridgehead atoms. The molecule has 0 heterocycles. The summed E-state index contributed by atoms with van der Waals surface area (Å²) in [5.74, 6) is 2.06. The molecule has 0 saturated heterocycles. The van der Waals surface area contributed by atoms with Crippen molar-refractivity contribution in [2.75, 3.05) is 33.2 Å². The maximum absolute atomic E-state index is 3.43. The summed E-state index contributed by atoms with van der Waals surface area (Å²) in [7, 11) is 2.10. The minimum Gasteiger partial charge on any atom is -0.319 e. The van der Waals surface area contributed by atoms with E-state index in [1.807, 2.05) is 0 Å². The highest BCUT2D eigenvalue weighted by molar-refractivity contribution is 4.88. The maximum atomic E-state index is 3.43. The number of rotatable bonds is 10. The van der Waals surface area contributed by atoms with Gasteiger partial charge in [0.1, 0.15) is 0 Å². The van der Waals surface area contributed by atoms with Gasteiger partial charge in [0.15, 0.2) is 0 Å². The van der Waals surface area contributed by atoms with Crippen LogP contribution in [0.1, 0.15) is 52.4 Å². The summed E-state index contributed by atoms with van der Waals surface area (Å²) in [4.78, 5) is 2.81. The second-order valence-electron chi connectivity index (χ2n) is 6.82. The van der Waals surface area contributed by atoms with E-state index in [1.165, 1.54) is 64.7 Å². The summed E-state index contributed by atoms with van der Waals surface area (Å²) >= 11 is 0. The van der Waals surface area contributed by atoms with Gasteiger partial charge in [0.25, 0.3) is 0 Å². The molecule has 1 N–H and O–H groups in total. The first-order valence-electron chi connectivity index (χ1n) is 8.08. The average Bonchev–Trinajstić information content (AvgIpc) is 3.24. The van der Waals surface area contributed by atoms with E-state index in [4.69, 9.17) is 0 Å². The molecule has 2 saturated carbocycles. The van der Waals surface area contributed by atoms with Gasteiger partial charge in [0, 0.05) is 26.2 Å². The molecule has 0 aromatic carbocycles. The van der Waals surface area contributed by atoms with Gasteiger partial charge in [-0.3, -0.25) is 0 Å². The van der Waals surface area contributed by atoms with Crippen molar-refractivity contribution >= 4 is 0 Å². The molecule has 0 spiro atoms. The Labute approximate surface area is 114 Å². The number of nitrogens with one attached hydrogen (secondary N) is 1. The summed E-state index contributed by atoms with van der Waals surface area (Å²) in [6.07, 6.45) is 8.54. The van der Waals surface area contributed by atoms with Crippen LogP contribution in [0, 0.1) is 17.3 Å². The Morgan fingerprint density at radius 2 is 1.50 bits per heavy atom. The van der Waals surface area contributed by atoms with Gasteiger partial charge >= 0.3 is 0 Å². The Balaban J connectivity index is 1.89. The van der Waals surface area contributed by atoms with Crippen molar-refractivity contribution in [2.45, 2.75) is 52.4 Å². The molecule has 2 nitrogen and oxygen atoms in total. The molecular weight excluding hydrogens is 220 g/mol. The first-order chi connectivity index (χ1) is 8.71. The SMILES string of the molecule is CCC(CC)(CNC)CN(CC1CC1)CC1CC1. The number of hydrogen-bond donors (Lipinski definition) is 1. The third kappa shape index (κ3) is 4.24. The zero-order valence-electron chi connectivity index (χ0n) is 12.7. The van der Waals surface area contributed by atoms with Crippen LogP contribution >= 0.6 is 0 Å². The van der Waals surface area contributed by atoms with Gasteiger partial charge in [-0.05, 0) is 62.8 Å². The van der Waals surface area contributed by atoms with E-state index in [0.717, 1.165) is 11.8 Å². The molecule has 18 heavy (non-hydrogen) atoms. The molecule has 2 rings (SSSR count). The molecule has 2 fully saturated rings. The Morgan fingerprint density at radius 3 is 1.83 bits per heavy atom. The van der Waals surface area contributed by atoms with Crippen LogP contribution in [-0.2, 0) is 0 Å². The van der Waals surface area contributed by atoms with Crippen molar-refractivity contribution in [3.05, 3.63) is 0 Å². The summed E-state index contributed by atoms with van der Waals surface area (Å²) < 4.78 is 0. The van der Waals surface area contributed by atoms with Crippen molar-refractivity contribution in [2.24, 2.45) is 17.3 Å². The van der Waals surface area contributed by atoms with Crippen molar-refractivity contribution in [1.82, 2.24) is 10.2 Å². The molecule has 0 aromatic heterocycles. The summed E-state index contributed by atoms with van der Waals surface area (Å²) in [6, 6.07) is 0. The van der Waals surface area contributed by atoms with Crippen LogP contribution < -0.4 is 5.32 Å². The van der Waals surface area contributed by atoms with Crippen LogP contribution in [-0.4, -0.2) is 38.1 Å². The minimum atomic E-state index is 0.499. The Bertz CT molecular complexity index is 225. The zero-order chi connectivity index (χ0) is 13.0. The van der Waals surface area contributed by atoms with Gasteiger partial charge in [-0.2, -0.15) is 0 Å². The standard InChI is InChI=1S/C16H32N2/c1-4-16(5-2,12-17-3)13-18(10-14-6-7-14)11-15-8-9-15/h14-15,17H,4-13H2,1-3H3. The second-order valence-corrected chi connectivity index (χ2v) is 6.82. The van der Waals surface area contributed by atoms with Crippen molar-refractivity contribution in [3.63, 3.8) is 0 Å². The minimum absolute atomic E-state index is 0.499. The monoisotopic (exact) mass is 252 g/mol. The lowest BCUT2D eigenvalue weighted by molar-refractivity contribution is 0.128. The predicted octanol–water partition coefficient (Wildman–Crippen LogP) is 3.13. The quantitative estimate of drug-likeness (QED) is 0.642. The van der Waals surface area contributed by atoms with Gasteiger partial charge in [-0.15, -0.1) is 0 Å². The van der Waals surface area contributed by atoms with Crippen LogP contribution in [0.2, 0.25) is 0 Å². The van der Waals surface area contributed by atoms with Crippen LogP contribution in [0.3, 0.4) is 0 Å². The Morgan fingerprint density at radius 1 is 1.00 bits per heavy atom. The molecule has 106 valence electrons. The fraction of sp³-hybridized carbons (Fsp3) is 1.00. The van der Waals surface area contributed by atoms with E-state index >= 15 is 0 Å². The Kier molecular flexibility index (Phi) is 5.08. The molecular formula is C16H32N2. The third-order valence-corrected chi connectivity index (χ3v) is 5.04. The fourth-order valence-corrected chi connectivity index (χ4v) is 3.16. The number of nitrogens with zero attached hydrogens (tertiary/aromatic N) is 1. The first kappa shape index (κ1) is 14.3. The smallest absolute Gasteiger partial charge is 0.00502 e. The van der Waals surface area contributed by atoms with Crippen LogP contribution in [0.25, 0.3) is 0 Å². The van der Waals surface area contributed by atoms with E-state index in [2.05, 4.69) is 31.1 Å². The summed E-state index contributed by atoms with van der Waals surface area (Å²) in [6.45, 7) is 9.98. The molecule has 2 aliphatic rings. The van der Waals surface area contributed by atoms with E-state index in [1.54, 1.807) is 0 Å². The van der Waals surface area contributed by atoms with Crippen molar-refractivity contribution < 1.29 is 0 Å². The average molecular weight is 252 g/mol. The van der Waals surface area contributed by atoms with E-state index in [-0.39, 0.29) is 0 Å². The molecule has 0 atom stereocenters. The van der Waals surface area contributed by atoms with Crippen molar-refractivity contribution in [1.29, 1.82) is 0 Å². The lowest BCUT2D eigenvalue weighted by Crippen LogP contribution is -2.44. The number of hydrogen-bond acceptors (Lipinski definition) is 2. The van der Waals surface area contributed by atoms with Gasteiger partial charge < -0.3 is 10.2 Å². The molecule has 0 radical (unpaired) electrons. The van der Waals surface area contributed by atoms with Gasteiger partial charge in [-0.1, -0.05) is 13.8 Å². The van der Waals surface area contributed by atoms with Gasteiger partial charge in [-0.25, -0.2) is 0 Å². The van der Waals surface area contributed by atoms with Gasteiger partial charge in [0.05, 0.1) is 0 Å². The lowest BCUT2D eigenvalue weighted by Gasteiger charge is -2.37. The summed E-state index contributed by atoms with van der Waals surface area (Å²) in [5.41, 5.74) is 0.499. The molecule has 0 unspecified atom stereocenters. The predicted molar refractivity (Wildman–Crippen MR) is 78.8 cm³/mol. The van der Waals surface area contributed by atoms with E-state index in [9.17, 15) is 0 Å². The lowest BCUT2D eigenvalue weighted by atomic mass is 9.81. The highest BCUT2D eigenvalue weighted by Gasteiger charge is 2.34. The van der Waals surface area contributed by atoms with Crippen molar-refractivity contribution in [3.8, 4) is 0 Å². The largest absolute Gasteiger partial charge is 0.319 e. The fourth-order valence-electron chi connectivity index (χ4n) is 3.16. The molecule has 0 aliphatic heterocycles. The van der Waals surface area contributed by atoms with E-state index in [0.29, 0.717) is 5.41 Å².